The lowest BCUT2D eigenvalue weighted by Crippen LogP contribution is -2.34. The standard InChI is InChI=1S/C11H13F2N3OS/c1-2-16(5-8(14)17)7-4-3-6(11(15)18)9(12)10(7)13/h3-4H,2,5H2,1H3,(H2,14,17)(H2,15,18). The fraction of sp³-hybridized carbons (Fsp3) is 0.273. The van der Waals surface area contributed by atoms with Crippen molar-refractivity contribution in [3.63, 3.8) is 0 Å². The Hall–Kier alpha value is -1.76. The maximum atomic E-state index is 13.8. The van der Waals surface area contributed by atoms with Gasteiger partial charge in [-0.05, 0) is 19.1 Å². The minimum atomic E-state index is -1.12. The molecule has 0 unspecified atom stereocenters. The van der Waals surface area contributed by atoms with Crippen molar-refractivity contribution < 1.29 is 13.6 Å². The first-order valence-electron chi connectivity index (χ1n) is 5.19. The quantitative estimate of drug-likeness (QED) is 0.782. The van der Waals surface area contributed by atoms with Crippen LogP contribution in [0.25, 0.3) is 0 Å². The van der Waals surface area contributed by atoms with E-state index >= 15 is 0 Å². The fourth-order valence-electron chi connectivity index (χ4n) is 1.53. The summed E-state index contributed by atoms with van der Waals surface area (Å²) in [6.07, 6.45) is 0. The van der Waals surface area contributed by atoms with Crippen LogP contribution in [0.3, 0.4) is 0 Å². The van der Waals surface area contributed by atoms with Gasteiger partial charge in [0.1, 0.15) is 4.99 Å². The third kappa shape index (κ3) is 2.92. The van der Waals surface area contributed by atoms with Crippen LogP contribution in [-0.2, 0) is 4.79 Å². The van der Waals surface area contributed by atoms with E-state index in [0.29, 0.717) is 6.54 Å². The molecule has 98 valence electrons. The lowest BCUT2D eigenvalue weighted by Gasteiger charge is -2.22. The number of nitrogens with zero attached hydrogens (tertiary/aromatic N) is 1. The summed E-state index contributed by atoms with van der Waals surface area (Å²) in [5.74, 6) is -2.85. The van der Waals surface area contributed by atoms with Crippen molar-refractivity contribution in [2.45, 2.75) is 6.92 Å². The Kier molecular flexibility index (Phi) is 4.55. The van der Waals surface area contributed by atoms with Crippen LogP contribution in [0, 0.1) is 11.6 Å². The van der Waals surface area contributed by atoms with Crippen molar-refractivity contribution in [2.24, 2.45) is 11.5 Å². The Morgan fingerprint density at radius 2 is 1.94 bits per heavy atom. The van der Waals surface area contributed by atoms with Gasteiger partial charge >= 0.3 is 0 Å². The molecule has 0 bridgehead atoms. The molecule has 0 saturated carbocycles. The van der Waals surface area contributed by atoms with E-state index < -0.39 is 17.5 Å². The van der Waals surface area contributed by atoms with Gasteiger partial charge in [0, 0.05) is 12.1 Å². The maximum Gasteiger partial charge on any atom is 0.236 e. The number of halogens is 2. The van der Waals surface area contributed by atoms with Crippen LogP contribution < -0.4 is 16.4 Å². The molecule has 7 heteroatoms. The lowest BCUT2D eigenvalue weighted by molar-refractivity contribution is -0.116. The van der Waals surface area contributed by atoms with Crippen LogP contribution in [-0.4, -0.2) is 24.0 Å². The maximum absolute atomic E-state index is 13.8. The molecule has 4 N–H and O–H groups in total. The SMILES string of the molecule is CCN(CC(N)=O)c1ccc(C(N)=S)c(F)c1F. The number of likely N-dealkylation sites (N-methyl/N-ethyl adjacent to an activating group) is 1. The molecule has 1 amide bonds. The van der Waals surface area contributed by atoms with Crippen molar-refractivity contribution in [3.05, 3.63) is 29.3 Å². The highest BCUT2D eigenvalue weighted by Gasteiger charge is 2.19. The normalized spacial score (nSPS) is 10.2. The third-order valence-corrected chi connectivity index (χ3v) is 2.62. The van der Waals surface area contributed by atoms with Gasteiger partial charge in [-0.25, -0.2) is 8.78 Å². The highest BCUT2D eigenvalue weighted by molar-refractivity contribution is 7.80. The van der Waals surface area contributed by atoms with Crippen molar-refractivity contribution in [2.75, 3.05) is 18.0 Å². The molecule has 18 heavy (non-hydrogen) atoms. The van der Waals surface area contributed by atoms with Gasteiger partial charge in [0.25, 0.3) is 0 Å². The Bertz CT molecular complexity index is 493. The number of hydrogen-bond acceptors (Lipinski definition) is 3. The molecular weight excluding hydrogens is 260 g/mol. The molecule has 0 aliphatic rings. The fourth-order valence-corrected chi connectivity index (χ4v) is 1.69. The number of hydrogen-bond donors (Lipinski definition) is 2. The molecule has 0 saturated heterocycles. The van der Waals surface area contributed by atoms with Gasteiger partial charge in [-0.2, -0.15) is 0 Å². The minimum absolute atomic E-state index is 0.0474. The van der Waals surface area contributed by atoms with Gasteiger partial charge in [-0.3, -0.25) is 4.79 Å². The van der Waals surface area contributed by atoms with Gasteiger partial charge in [0.15, 0.2) is 11.6 Å². The topological polar surface area (TPSA) is 72.3 Å². The molecule has 0 radical (unpaired) electrons. The van der Waals surface area contributed by atoms with E-state index in [1.165, 1.54) is 17.0 Å². The average Bonchev–Trinajstić information content (AvgIpc) is 2.29. The number of carbonyl (C=O) groups is 1. The number of thiocarbonyl (C=S) groups is 1. The van der Waals surface area contributed by atoms with Crippen molar-refractivity contribution in [3.8, 4) is 0 Å². The zero-order chi connectivity index (χ0) is 13.9. The Balaban J connectivity index is 3.21. The summed E-state index contributed by atoms with van der Waals surface area (Å²) in [6.45, 7) is 1.81. The third-order valence-electron chi connectivity index (χ3n) is 2.40. The zero-order valence-electron chi connectivity index (χ0n) is 9.74. The van der Waals surface area contributed by atoms with E-state index in [4.69, 9.17) is 11.5 Å². The van der Waals surface area contributed by atoms with E-state index in [9.17, 15) is 13.6 Å². The summed E-state index contributed by atoms with van der Waals surface area (Å²) in [5, 5.41) is 0. The number of primary amides is 1. The monoisotopic (exact) mass is 273 g/mol. The number of amides is 1. The lowest BCUT2D eigenvalue weighted by atomic mass is 10.1. The summed E-state index contributed by atoms with van der Waals surface area (Å²) in [6, 6.07) is 2.60. The second kappa shape index (κ2) is 5.72. The molecule has 0 aliphatic carbocycles. The number of anilines is 1. The minimum Gasteiger partial charge on any atom is -0.389 e. The Morgan fingerprint density at radius 1 is 1.33 bits per heavy atom. The second-order valence-electron chi connectivity index (χ2n) is 3.60. The van der Waals surface area contributed by atoms with Crippen molar-refractivity contribution in [1.29, 1.82) is 0 Å². The van der Waals surface area contributed by atoms with Gasteiger partial charge in [0.2, 0.25) is 5.91 Å². The van der Waals surface area contributed by atoms with E-state index in [2.05, 4.69) is 12.2 Å². The largest absolute Gasteiger partial charge is 0.389 e. The molecule has 0 spiro atoms. The average molecular weight is 273 g/mol. The van der Waals surface area contributed by atoms with E-state index in [0.717, 1.165) is 0 Å². The van der Waals surface area contributed by atoms with E-state index in [-0.39, 0.29) is 22.8 Å². The number of carbonyl (C=O) groups excluding carboxylic acids is 1. The zero-order valence-corrected chi connectivity index (χ0v) is 10.6. The molecule has 0 fully saturated rings. The van der Waals surface area contributed by atoms with Crippen molar-refractivity contribution >= 4 is 28.8 Å². The summed E-state index contributed by atoms with van der Waals surface area (Å²) < 4.78 is 27.5. The first-order chi connectivity index (χ1) is 8.38. The van der Waals surface area contributed by atoms with Crippen LogP contribution in [0.4, 0.5) is 14.5 Å². The second-order valence-corrected chi connectivity index (χ2v) is 4.04. The summed E-state index contributed by atoms with van der Waals surface area (Å²) in [7, 11) is 0. The number of nitrogens with two attached hydrogens (primary N) is 2. The molecule has 1 aromatic rings. The first-order valence-corrected chi connectivity index (χ1v) is 5.60. The molecule has 0 aromatic heterocycles. The summed E-state index contributed by atoms with van der Waals surface area (Å²) >= 11 is 4.60. The van der Waals surface area contributed by atoms with Crippen LogP contribution in [0.15, 0.2) is 12.1 Å². The highest BCUT2D eigenvalue weighted by Crippen LogP contribution is 2.24. The molecule has 1 rings (SSSR count). The van der Waals surface area contributed by atoms with Crippen LogP contribution in [0.5, 0.6) is 0 Å². The van der Waals surface area contributed by atoms with Gasteiger partial charge in [-0.15, -0.1) is 0 Å². The summed E-state index contributed by atoms with van der Waals surface area (Å²) in [4.78, 5) is 11.9. The predicted molar refractivity (Wildman–Crippen MR) is 69.3 cm³/mol. The Labute approximate surface area is 109 Å². The van der Waals surface area contributed by atoms with Gasteiger partial charge in [-0.1, -0.05) is 12.2 Å². The molecular formula is C11H13F2N3OS. The molecule has 4 nitrogen and oxygen atoms in total. The first kappa shape index (κ1) is 14.3. The molecule has 0 heterocycles. The smallest absolute Gasteiger partial charge is 0.236 e. The molecule has 0 atom stereocenters. The number of benzene rings is 1. The number of rotatable bonds is 5. The highest BCUT2D eigenvalue weighted by atomic mass is 32.1. The van der Waals surface area contributed by atoms with E-state index in [1.54, 1.807) is 6.92 Å². The molecule has 1 aromatic carbocycles. The molecule has 0 aliphatic heterocycles. The summed E-state index contributed by atoms with van der Waals surface area (Å²) in [5.41, 5.74) is 10.1. The van der Waals surface area contributed by atoms with Crippen LogP contribution in [0.1, 0.15) is 12.5 Å². The van der Waals surface area contributed by atoms with Crippen LogP contribution >= 0.6 is 12.2 Å². The van der Waals surface area contributed by atoms with Crippen molar-refractivity contribution in [1.82, 2.24) is 0 Å². The van der Waals surface area contributed by atoms with Gasteiger partial charge in [0.05, 0.1) is 12.2 Å². The predicted octanol–water partition coefficient (Wildman–Crippen LogP) is 0.911. The Morgan fingerprint density at radius 3 is 2.39 bits per heavy atom. The van der Waals surface area contributed by atoms with Gasteiger partial charge < -0.3 is 16.4 Å². The van der Waals surface area contributed by atoms with Crippen LogP contribution in [0.2, 0.25) is 0 Å². The van der Waals surface area contributed by atoms with E-state index in [1.807, 2.05) is 0 Å².